The fourth-order valence-corrected chi connectivity index (χ4v) is 3.10. The predicted octanol–water partition coefficient (Wildman–Crippen LogP) is 2.08. The molecule has 1 aliphatic heterocycles. The lowest BCUT2D eigenvalue weighted by Gasteiger charge is -2.48. The van der Waals surface area contributed by atoms with Crippen LogP contribution in [0.15, 0.2) is 0 Å². The average molecular weight is 214 g/mol. The molecule has 2 fully saturated rings. The van der Waals surface area contributed by atoms with Crippen LogP contribution in [0.25, 0.3) is 0 Å². The lowest BCUT2D eigenvalue weighted by atomic mass is 9.68. The number of aliphatic hydroxyl groups excluding tert-OH is 1. The molecule has 1 saturated carbocycles. The standard InChI is InChI=1S/C12H22O3/c1-11(6-4-8-13)5-2-3-7-12(11)14-9-10-15-12/h13H,2-10H2,1H3/t11-/m0/s1. The van der Waals surface area contributed by atoms with Crippen LogP contribution in [0.3, 0.4) is 0 Å². The SMILES string of the molecule is C[C@@]1(CCCO)CCCCC12OCCO2. The van der Waals surface area contributed by atoms with Gasteiger partial charge in [-0.15, -0.1) is 0 Å². The molecule has 0 radical (unpaired) electrons. The first-order valence-corrected chi connectivity index (χ1v) is 6.11. The first-order valence-electron chi connectivity index (χ1n) is 6.11. The van der Waals surface area contributed by atoms with Gasteiger partial charge in [-0.1, -0.05) is 13.3 Å². The molecular formula is C12H22O3. The van der Waals surface area contributed by atoms with Crippen molar-refractivity contribution in [2.75, 3.05) is 19.8 Å². The van der Waals surface area contributed by atoms with E-state index in [2.05, 4.69) is 6.92 Å². The summed E-state index contributed by atoms with van der Waals surface area (Å²) in [7, 11) is 0. The summed E-state index contributed by atoms with van der Waals surface area (Å²) in [6.45, 7) is 3.99. The monoisotopic (exact) mass is 214 g/mol. The molecule has 1 heterocycles. The van der Waals surface area contributed by atoms with Gasteiger partial charge in [0, 0.05) is 18.4 Å². The first kappa shape index (κ1) is 11.4. The zero-order chi connectivity index (χ0) is 10.8. The van der Waals surface area contributed by atoms with Gasteiger partial charge < -0.3 is 14.6 Å². The van der Waals surface area contributed by atoms with E-state index in [1.54, 1.807) is 0 Å². The molecule has 0 aromatic rings. The van der Waals surface area contributed by atoms with E-state index in [1.165, 1.54) is 12.8 Å². The van der Waals surface area contributed by atoms with E-state index in [9.17, 15) is 0 Å². The zero-order valence-corrected chi connectivity index (χ0v) is 9.63. The normalized spacial score (nSPS) is 34.8. The smallest absolute Gasteiger partial charge is 0.173 e. The van der Waals surface area contributed by atoms with Gasteiger partial charge in [0.25, 0.3) is 0 Å². The molecule has 0 aromatic carbocycles. The number of hydrogen-bond acceptors (Lipinski definition) is 3. The minimum Gasteiger partial charge on any atom is -0.396 e. The van der Waals surface area contributed by atoms with E-state index in [1.807, 2.05) is 0 Å². The Morgan fingerprint density at radius 2 is 1.80 bits per heavy atom. The number of aliphatic hydroxyl groups is 1. The lowest BCUT2D eigenvalue weighted by Crippen LogP contribution is -2.50. The second kappa shape index (κ2) is 4.40. The fraction of sp³-hybridized carbons (Fsp3) is 1.00. The molecule has 88 valence electrons. The van der Waals surface area contributed by atoms with Crippen molar-refractivity contribution in [3.63, 3.8) is 0 Å². The molecule has 2 aliphatic rings. The van der Waals surface area contributed by atoms with Crippen LogP contribution in [0.2, 0.25) is 0 Å². The summed E-state index contributed by atoms with van der Waals surface area (Å²) in [4.78, 5) is 0. The Morgan fingerprint density at radius 1 is 1.13 bits per heavy atom. The van der Waals surface area contributed by atoms with Gasteiger partial charge in [-0.05, 0) is 25.7 Å². The molecule has 1 aliphatic carbocycles. The van der Waals surface area contributed by atoms with Gasteiger partial charge in [-0.2, -0.15) is 0 Å². The summed E-state index contributed by atoms with van der Waals surface area (Å²) in [5.74, 6) is -0.333. The number of rotatable bonds is 3. The molecule has 3 heteroatoms. The molecule has 15 heavy (non-hydrogen) atoms. The highest BCUT2D eigenvalue weighted by molar-refractivity contribution is 4.95. The van der Waals surface area contributed by atoms with Crippen molar-refractivity contribution in [3.8, 4) is 0 Å². The van der Waals surface area contributed by atoms with Crippen molar-refractivity contribution in [1.29, 1.82) is 0 Å². The third-order valence-corrected chi connectivity index (χ3v) is 4.04. The summed E-state index contributed by atoms with van der Waals surface area (Å²) in [6.07, 6.45) is 6.50. The van der Waals surface area contributed by atoms with E-state index >= 15 is 0 Å². The van der Waals surface area contributed by atoms with Gasteiger partial charge >= 0.3 is 0 Å². The van der Waals surface area contributed by atoms with Crippen molar-refractivity contribution in [1.82, 2.24) is 0 Å². The summed E-state index contributed by atoms with van der Waals surface area (Å²) in [5, 5.41) is 8.96. The van der Waals surface area contributed by atoms with E-state index in [0.717, 1.165) is 38.9 Å². The van der Waals surface area contributed by atoms with Crippen LogP contribution in [0.1, 0.15) is 45.4 Å². The number of hydrogen-bond donors (Lipinski definition) is 1. The Morgan fingerprint density at radius 3 is 2.47 bits per heavy atom. The fourth-order valence-electron chi connectivity index (χ4n) is 3.10. The van der Waals surface area contributed by atoms with Crippen LogP contribution in [-0.2, 0) is 9.47 Å². The van der Waals surface area contributed by atoms with Gasteiger partial charge in [-0.25, -0.2) is 0 Å². The molecule has 3 nitrogen and oxygen atoms in total. The molecular weight excluding hydrogens is 192 g/mol. The largest absolute Gasteiger partial charge is 0.396 e. The average Bonchev–Trinajstić information content (AvgIpc) is 2.71. The van der Waals surface area contributed by atoms with Crippen molar-refractivity contribution in [2.24, 2.45) is 5.41 Å². The minimum absolute atomic E-state index is 0.102. The molecule has 1 spiro atoms. The highest BCUT2D eigenvalue weighted by Crippen LogP contribution is 2.51. The topological polar surface area (TPSA) is 38.7 Å². The Kier molecular flexibility index (Phi) is 3.33. The van der Waals surface area contributed by atoms with Crippen LogP contribution >= 0.6 is 0 Å². The van der Waals surface area contributed by atoms with E-state index in [4.69, 9.17) is 14.6 Å². The Bertz CT molecular complexity index is 211. The summed E-state index contributed by atoms with van der Waals surface area (Å²) in [5.41, 5.74) is 0.102. The summed E-state index contributed by atoms with van der Waals surface area (Å²) < 4.78 is 11.8. The van der Waals surface area contributed by atoms with Gasteiger partial charge in [0.15, 0.2) is 5.79 Å². The first-order chi connectivity index (χ1) is 7.22. The summed E-state index contributed by atoms with van der Waals surface area (Å²) in [6, 6.07) is 0. The minimum atomic E-state index is -0.333. The third-order valence-electron chi connectivity index (χ3n) is 4.04. The van der Waals surface area contributed by atoms with Gasteiger partial charge in [0.05, 0.1) is 13.2 Å². The maximum Gasteiger partial charge on any atom is 0.173 e. The zero-order valence-electron chi connectivity index (χ0n) is 9.63. The molecule has 1 saturated heterocycles. The molecule has 0 amide bonds. The second-order valence-corrected chi connectivity index (χ2v) is 5.04. The van der Waals surface area contributed by atoms with E-state index in [-0.39, 0.29) is 17.8 Å². The number of ether oxygens (including phenoxy) is 2. The Hall–Kier alpha value is -0.120. The van der Waals surface area contributed by atoms with Crippen LogP contribution < -0.4 is 0 Å². The third kappa shape index (κ3) is 1.93. The molecule has 1 N–H and O–H groups in total. The molecule has 0 bridgehead atoms. The van der Waals surface area contributed by atoms with Crippen molar-refractivity contribution in [3.05, 3.63) is 0 Å². The highest BCUT2D eigenvalue weighted by Gasteiger charge is 2.53. The molecule has 2 rings (SSSR count). The molecule has 0 aromatic heterocycles. The second-order valence-electron chi connectivity index (χ2n) is 5.04. The van der Waals surface area contributed by atoms with Crippen LogP contribution in [-0.4, -0.2) is 30.7 Å². The van der Waals surface area contributed by atoms with Crippen LogP contribution in [0.4, 0.5) is 0 Å². The predicted molar refractivity (Wildman–Crippen MR) is 57.5 cm³/mol. The van der Waals surface area contributed by atoms with Gasteiger partial charge in [0.2, 0.25) is 0 Å². The van der Waals surface area contributed by atoms with Crippen LogP contribution in [0.5, 0.6) is 0 Å². The van der Waals surface area contributed by atoms with Crippen molar-refractivity contribution < 1.29 is 14.6 Å². The van der Waals surface area contributed by atoms with Crippen LogP contribution in [0, 0.1) is 5.41 Å². The van der Waals surface area contributed by atoms with Gasteiger partial charge in [0.1, 0.15) is 0 Å². The van der Waals surface area contributed by atoms with E-state index in [0.29, 0.717) is 0 Å². The molecule has 1 atom stereocenters. The Labute approximate surface area is 91.8 Å². The Balaban J connectivity index is 2.10. The lowest BCUT2D eigenvalue weighted by molar-refractivity contribution is -0.253. The van der Waals surface area contributed by atoms with Crippen molar-refractivity contribution in [2.45, 2.75) is 51.2 Å². The maximum atomic E-state index is 8.96. The van der Waals surface area contributed by atoms with E-state index < -0.39 is 0 Å². The summed E-state index contributed by atoms with van der Waals surface area (Å²) >= 11 is 0. The quantitative estimate of drug-likeness (QED) is 0.781. The van der Waals surface area contributed by atoms with Crippen molar-refractivity contribution >= 4 is 0 Å². The van der Waals surface area contributed by atoms with Gasteiger partial charge in [-0.3, -0.25) is 0 Å². The maximum absolute atomic E-state index is 8.96. The molecule has 0 unspecified atom stereocenters. The highest BCUT2D eigenvalue weighted by atomic mass is 16.7.